The minimum absolute atomic E-state index is 0.0182. The van der Waals surface area contributed by atoms with Gasteiger partial charge in [-0.3, -0.25) is 4.79 Å². The number of hydrogen-bond acceptors (Lipinski definition) is 2. The van der Waals surface area contributed by atoms with Crippen molar-refractivity contribution in [2.45, 2.75) is 20.4 Å². The molecule has 0 aliphatic rings. The van der Waals surface area contributed by atoms with Crippen molar-refractivity contribution in [1.29, 1.82) is 0 Å². The van der Waals surface area contributed by atoms with E-state index in [2.05, 4.69) is 4.98 Å². The molecule has 1 aromatic heterocycles. The zero-order valence-electron chi connectivity index (χ0n) is 7.62. The molecular weight excluding hydrogens is 188 g/mol. The summed E-state index contributed by atoms with van der Waals surface area (Å²) in [6.07, 6.45) is 5.09. The molecule has 0 saturated heterocycles. The third-order valence-corrected chi connectivity index (χ3v) is 1.83. The molecule has 0 atom stereocenters. The van der Waals surface area contributed by atoms with Crippen LogP contribution in [0.2, 0.25) is 5.15 Å². The molecule has 0 unspecified atom stereocenters. The van der Waals surface area contributed by atoms with Crippen LogP contribution in [0, 0.1) is 0 Å². The Bertz CT molecular complexity index is 377. The Morgan fingerprint density at radius 3 is 3.00 bits per heavy atom. The van der Waals surface area contributed by atoms with Gasteiger partial charge in [-0.15, -0.1) is 0 Å². The molecule has 1 heterocycles. The summed E-state index contributed by atoms with van der Waals surface area (Å²) < 4.78 is 1.52. The second kappa shape index (κ2) is 4.23. The van der Waals surface area contributed by atoms with Gasteiger partial charge in [0.05, 0.1) is 0 Å². The average Bonchev–Trinajstić information content (AvgIpc) is 2.07. The quantitative estimate of drug-likeness (QED) is 0.680. The minimum atomic E-state index is -0.248. The van der Waals surface area contributed by atoms with Gasteiger partial charge in [-0.05, 0) is 13.8 Å². The largest absolute Gasteiger partial charge is 0.308 e. The lowest BCUT2D eigenvalue weighted by atomic mass is 10.3. The molecule has 0 spiro atoms. The predicted octanol–water partition coefficient (Wildman–Crippen LogP) is 1.86. The van der Waals surface area contributed by atoms with Crippen molar-refractivity contribution in [3.8, 4) is 0 Å². The standard InChI is InChI=1S/C9H11ClN2O/c1-7(2)3-5-12-6-4-11-8(10)9(12)13/h3-4,6H,5H2,1-2H3. The van der Waals surface area contributed by atoms with Crippen LogP contribution in [0.5, 0.6) is 0 Å². The number of hydrogen-bond donors (Lipinski definition) is 0. The Morgan fingerprint density at radius 1 is 1.69 bits per heavy atom. The fourth-order valence-electron chi connectivity index (χ4n) is 0.845. The Morgan fingerprint density at radius 2 is 2.38 bits per heavy atom. The second-order valence-corrected chi connectivity index (χ2v) is 3.32. The van der Waals surface area contributed by atoms with E-state index in [1.54, 1.807) is 6.20 Å². The summed E-state index contributed by atoms with van der Waals surface area (Å²) in [6, 6.07) is 0. The Hall–Kier alpha value is -1.09. The first-order valence-corrected chi connectivity index (χ1v) is 4.33. The maximum absolute atomic E-state index is 11.3. The predicted molar refractivity (Wildman–Crippen MR) is 52.9 cm³/mol. The molecule has 0 amide bonds. The van der Waals surface area contributed by atoms with Gasteiger partial charge in [0.25, 0.3) is 5.56 Å². The Balaban J connectivity index is 2.97. The monoisotopic (exact) mass is 198 g/mol. The van der Waals surface area contributed by atoms with Crippen LogP contribution >= 0.6 is 11.6 Å². The van der Waals surface area contributed by atoms with E-state index in [1.165, 1.54) is 16.3 Å². The maximum atomic E-state index is 11.3. The highest BCUT2D eigenvalue weighted by Crippen LogP contribution is 1.95. The molecule has 0 radical (unpaired) electrons. The molecule has 0 fully saturated rings. The Kier molecular flexibility index (Phi) is 3.25. The highest BCUT2D eigenvalue weighted by molar-refractivity contribution is 6.29. The topological polar surface area (TPSA) is 34.9 Å². The van der Waals surface area contributed by atoms with Gasteiger partial charge in [-0.1, -0.05) is 23.3 Å². The van der Waals surface area contributed by atoms with Crippen molar-refractivity contribution in [2.75, 3.05) is 0 Å². The Labute approximate surface area is 81.7 Å². The maximum Gasteiger partial charge on any atom is 0.288 e. The van der Waals surface area contributed by atoms with Crippen LogP contribution in [0.1, 0.15) is 13.8 Å². The van der Waals surface area contributed by atoms with Crippen molar-refractivity contribution in [2.24, 2.45) is 0 Å². The normalized spacial score (nSPS) is 9.77. The molecule has 0 saturated carbocycles. The molecule has 3 nitrogen and oxygen atoms in total. The highest BCUT2D eigenvalue weighted by atomic mass is 35.5. The van der Waals surface area contributed by atoms with E-state index in [0.29, 0.717) is 6.54 Å². The van der Waals surface area contributed by atoms with Crippen LogP contribution in [-0.4, -0.2) is 9.55 Å². The summed E-state index contributed by atoms with van der Waals surface area (Å²) in [6.45, 7) is 4.51. The lowest BCUT2D eigenvalue weighted by Gasteiger charge is -2.00. The number of aromatic nitrogens is 2. The zero-order valence-corrected chi connectivity index (χ0v) is 8.38. The fourth-order valence-corrected chi connectivity index (χ4v) is 1.01. The van der Waals surface area contributed by atoms with Crippen LogP contribution < -0.4 is 5.56 Å². The summed E-state index contributed by atoms with van der Waals surface area (Å²) in [5.74, 6) is 0. The third-order valence-electron chi connectivity index (χ3n) is 1.57. The lowest BCUT2D eigenvalue weighted by Crippen LogP contribution is -2.19. The van der Waals surface area contributed by atoms with Crippen LogP contribution in [0.25, 0.3) is 0 Å². The molecule has 0 bridgehead atoms. The van der Waals surface area contributed by atoms with E-state index in [9.17, 15) is 4.79 Å². The number of rotatable bonds is 2. The number of allylic oxidation sites excluding steroid dienone is 2. The van der Waals surface area contributed by atoms with Crippen LogP contribution in [-0.2, 0) is 6.54 Å². The molecule has 1 rings (SSSR count). The molecule has 0 aliphatic heterocycles. The molecular formula is C9H11ClN2O. The van der Waals surface area contributed by atoms with Gasteiger partial charge >= 0.3 is 0 Å². The van der Waals surface area contributed by atoms with Crippen molar-refractivity contribution in [1.82, 2.24) is 9.55 Å². The van der Waals surface area contributed by atoms with Crippen molar-refractivity contribution >= 4 is 11.6 Å². The van der Waals surface area contributed by atoms with E-state index < -0.39 is 0 Å². The van der Waals surface area contributed by atoms with Gasteiger partial charge in [0.15, 0.2) is 5.15 Å². The smallest absolute Gasteiger partial charge is 0.288 e. The number of halogens is 1. The molecule has 4 heteroatoms. The van der Waals surface area contributed by atoms with Crippen molar-refractivity contribution < 1.29 is 0 Å². The van der Waals surface area contributed by atoms with Crippen LogP contribution in [0.4, 0.5) is 0 Å². The zero-order chi connectivity index (χ0) is 9.84. The molecule has 0 aliphatic carbocycles. The van der Waals surface area contributed by atoms with Gasteiger partial charge in [-0.25, -0.2) is 4.98 Å². The SMILES string of the molecule is CC(C)=CCn1ccnc(Cl)c1=O. The second-order valence-electron chi connectivity index (χ2n) is 2.96. The number of nitrogens with zero attached hydrogens (tertiary/aromatic N) is 2. The molecule has 1 aromatic rings. The van der Waals surface area contributed by atoms with Gasteiger partial charge in [-0.2, -0.15) is 0 Å². The third kappa shape index (κ3) is 2.70. The molecule has 13 heavy (non-hydrogen) atoms. The van der Waals surface area contributed by atoms with E-state index in [1.807, 2.05) is 19.9 Å². The van der Waals surface area contributed by atoms with Gasteiger partial charge in [0.1, 0.15) is 0 Å². The van der Waals surface area contributed by atoms with E-state index >= 15 is 0 Å². The lowest BCUT2D eigenvalue weighted by molar-refractivity contribution is 0.762. The van der Waals surface area contributed by atoms with Crippen LogP contribution in [0.15, 0.2) is 28.8 Å². The van der Waals surface area contributed by atoms with Gasteiger partial charge in [0.2, 0.25) is 0 Å². The molecule has 70 valence electrons. The first-order valence-electron chi connectivity index (χ1n) is 3.95. The van der Waals surface area contributed by atoms with E-state index in [-0.39, 0.29) is 10.7 Å². The summed E-state index contributed by atoms with van der Waals surface area (Å²) in [5, 5.41) is 0.0182. The summed E-state index contributed by atoms with van der Waals surface area (Å²) in [4.78, 5) is 15.0. The first kappa shape index (κ1) is 9.99. The van der Waals surface area contributed by atoms with Crippen molar-refractivity contribution in [3.63, 3.8) is 0 Å². The molecule has 0 N–H and O–H groups in total. The minimum Gasteiger partial charge on any atom is -0.308 e. The van der Waals surface area contributed by atoms with Gasteiger partial charge in [0, 0.05) is 18.9 Å². The average molecular weight is 199 g/mol. The fraction of sp³-hybridized carbons (Fsp3) is 0.333. The van der Waals surface area contributed by atoms with E-state index in [4.69, 9.17) is 11.6 Å². The highest BCUT2D eigenvalue weighted by Gasteiger charge is 1.98. The van der Waals surface area contributed by atoms with Gasteiger partial charge < -0.3 is 4.57 Å². The molecule has 0 aromatic carbocycles. The summed E-state index contributed by atoms with van der Waals surface area (Å²) in [5.41, 5.74) is 0.918. The summed E-state index contributed by atoms with van der Waals surface area (Å²) in [7, 11) is 0. The van der Waals surface area contributed by atoms with E-state index in [0.717, 1.165) is 0 Å². The van der Waals surface area contributed by atoms with Crippen LogP contribution in [0.3, 0.4) is 0 Å². The first-order chi connectivity index (χ1) is 6.11. The summed E-state index contributed by atoms with van der Waals surface area (Å²) >= 11 is 5.56. The van der Waals surface area contributed by atoms with Crippen molar-refractivity contribution in [3.05, 3.63) is 39.5 Å².